The topological polar surface area (TPSA) is 77.2 Å². The molecule has 0 saturated heterocycles. The summed E-state index contributed by atoms with van der Waals surface area (Å²) < 4.78 is 4.91. The molecule has 0 saturated carbocycles. The van der Waals surface area contributed by atoms with E-state index in [0.29, 0.717) is 11.3 Å². The summed E-state index contributed by atoms with van der Waals surface area (Å²) >= 11 is 0. The lowest BCUT2D eigenvalue weighted by molar-refractivity contribution is 0.0950. The third-order valence-corrected chi connectivity index (χ3v) is 1.38. The Kier molecular flexibility index (Phi) is 2.60. The van der Waals surface area contributed by atoms with Crippen LogP contribution in [-0.2, 0) is 0 Å². The van der Waals surface area contributed by atoms with E-state index >= 15 is 0 Å². The largest absolute Gasteiger partial charge is 0.496 e. The highest BCUT2D eigenvalue weighted by atomic mass is 16.5. The van der Waals surface area contributed by atoms with Crippen LogP contribution in [0.15, 0.2) is 18.5 Å². The highest BCUT2D eigenvalue weighted by Gasteiger charge is 2.09. The van der Waals surface area contributed by atoms with E-state index in [-0.39, 0.29) is 0 Å². The van der Waals surface area contributed by atoms with Crippen molar-refractivity contribution in [2.24, 2.45) is 5.84 Å². The normalized spacial score (nSPS) is 9.17. The van der Waals surface area contributed by atoms with Gasteiger partial charge in [0.15, 0.2) is 0 Å². The molecule has 64 valence electrons. The third kappa shape index (κ3) is 1.51. The molecule has 0 radical (unpaired) electrons. The highest BCUT2D eigenvalue weighted by Crippen LogP contribution is 2.14. The van der Waals surface area contributed by atoms with E-state index in [1.807, 2.05) is 5.43 Å². The molecule has 12 heavy (non-hydrogen) atoms. The molecule has 1 heterocycles. The smallest absolute Gasteiger partial charge is 0.270 e. The number of nitrogens with two attached hydrogens (primary N) is 1. The minimum atomic E-state index is -0.417. The summed E-state index contributed by atoms with van der Waals surface area (Å²) in [4.78, 5) is 14.8. The number of nitrogens with one attached hydrogen (secondary N) is 1. The van der Waals surface area contributed by atoms with E-state index in [4.69, 9.17) is 10.6 Å². The zero-order valence-corrected chi connectivity index (χ0v) is 6.57. The van der Waals surface area contributed by atoms with Crippen LogP contribution in [0.3, 0.4) is 0 Å². The molecule has 0 bridgehead atoms. The fraction of sp³-hybridized carbons (Fsp3) is 0.143. The van der Waals surface area contributed by atoms with E-state index in [0.717, 1.165) is 0 Å². The van der Waals surface area contributed by atoms with E-state index in [9.17, 15) is 4.79 Å². The molecular weight excluding hydrogens is 158 g/mol. The number of aromatic nitrogens is 1. The Morgan fingerprint density at radius 2 is 2.50 bits per heavy atom. The van der Waals surface area contributed by atoms with Crippen molar-refractivity contribution in [1.82, 2.24) is 10.4 Å². The number of carbonyl (C=O) groups is 1. The summed E-state index contributed by atoms with van der Waals surface area (Å²) in [7, 11) is 1.47. The Morgan fingerprint density at radius 1 is 1.75 bits per heavy atom. The Morgan fingerprint density at radius 3 is 3.08 bits per heavy atom. The number of ether oxygens (including phenoxy) is 1. The van der Waals surface area contributed by atoms with E-state index < -0.39 is 5.91 Å². The molecule has 0 unspecified atom stereocenters. The van der Waals surface area contributed by atoms with Gasteiger partial charge in [0.05, 0.1) is 7.11 Å². The number of carbonyl (C=O) groups excluding carboxylic acids is 1. The van der Waals surface area contributed by atoms with Gasteiger partial charge in [-0.05, 0) is 6.07 Å². The third-order valence-electron chi connectivity index (χ3n) is 1.38. The molecule has 0 aliphatic carbocycles. The monoisotopic (exact) mass is 167 g/mol. The second kappa shape index (κ2) is 3.68. The summed E-state index contributed by atoms with van der Waals surface area (Å²) in [5.74, 6) is 4.98. The maximum atomic E-state index is 11.0. The average Bonchev–Trinajstić information content (AvgIpc) is 2.16. The van der Waals surface area contributed by atoms with Gasteiger partial charge in [-0.3, -0.25) is 15.2 Å². The first-order valence-corrected chi connectivity index (χ1v) is 3.28. The number of rotatable bonds is 2. The van der Waals surface area contributed by atoms with Gasteiger partial charge in [-0.15, -0.1) is 0 Å². The van der Waals surface area contributed by atoms with Gasteiger partial charge in [0.25, 0.3) is 5.91 Å². The van der Waals surface area contributed by atoms with Crippen LogP contribution in [-0.4, -0.2) is 18.0 Å². The molecule has 1 amide bonds. The quantitative estimate of drug-likeness (QED) is 0.360. The van der Waals surface area contributed by atoms with E-state index in [1.165, 1.54) is 19.5 Å². The molecule has 5 nitrogen and oxygen atoms in total. The predicted octanol–water partition coefficient (Wildman–Crippen LogP) is -0.306. The molecule has 3 N–H and O–H groups in total. The van der Waals surface area contributed by atoms with Crippen molar-refractivity contribution in [2.45, 2.75) is 0 Å². The summed E-state index contributed by atoms with van der Waals surface area (Å²) in [5.41, 5.74) is 2.32. The first-order chi connectivity index (χ1) is 5.79. The lowest BCUT2D eigenvalue weighted by atomic mass is 10.2. The van der Waals surface area contributed by atoms with E-state index in [1.54, 1.807) is 6.07 Å². The minimum absolute atomic E-state index is 0.322. The number of hydrogen-bond acceptors (Lipinski definition) is 4. The van der Waals surface area contributed by atoms with Crippen LogP contribution < -0.4 is 16.0 Å². The van der Waals surface area contributed by atoms with Crippen molar-refractivity contribution in [2.75, 3.05) is 7.11 Å². The van der Waals surface area contributed by atoms with Gasteiger partial charge in [-0.1, -0.05) is 0 Å². The van der Waals surface area contributed by atoms with Crippen LogP contribution in [0.4, 0.5) is 0 Å². The Hall–Kier alpha value is -1.62. The Balaban J connectivity index is 3.04. The van der Waals surface area contributed by atoms with Crippen molar-refractivity contribution in [3.63, 3.8) is 0 Å². The zero-order chi connectivity index (χ0) is 8.97. The molecular formula is C7H9N3O2. The van der Waals surface area contributed by atoms with Crippen LogP contribution in [0.1, 0.15) is 10.4 Å². The van der Waals surface area contributed by atoms with Crippen LogP contribution in [0.2, 0.25) is 0 Å². The van der Waals surface area contributed by atoms with Gasteiger partial charge in [0, 0.05) is 12.4 Å². The van der Waals surface area contributed by atoms with Crippen molar-refractivity contribution in [3.05, 3.63) is 24.0 Å². The molecule has 0 aromatic carbocycles. The Bertz CT molecular complexity index is 288. The maximum absolute atomic E-state index is 11.0. The second-order valence-electron chi connectivity index (χ2n) is 2.05. The first kappa shape index (κ1) is 8.48. The molecule has 0 aliphatic heterocycles. The van der Waals surface area contributed by atoms with Crippen LogP contribution in [0, 0.1) is 0 Å². The van der Waals surface area contributed by atoms with Gasteiger partial charge in [-0.2, -0.15) is 0 Å². The minimum Gasteiger partial charge on any atom is -0.496 e. The molecule has 1 aromatic heterocycles. The molecule has 1 aromatic rings. The first-order valence-electron chi connectivity index (χ1n) is 3.28. The standard InChI is InChI=1S/C7H9N3O2/c1-12-6-2-3-9-4-5(6)7(11)10-8/h2-4H,8H2,1H3,(H,10,11). The number of pyridine rings is 1. The molecule has 0 spiro atoms. The zero-order valence-electron chi connectivity index (χ0n) is 6.57. The van der Waals surface area contributed by atoms with Gasteiger partial charge < -0.3 is 4.74 Å². The number of nitrogens with zero attached hydrogens (tertiary/aromatic N) is 1. The second-order valence-corrected chi connectivity index (χ2v) is 2.05. The van der Waals surface area contributed by atoms with Crippen molar-refractivity contribution >= 4 is 5.91 Å². The summed E-state index contributed by atoms with van der Waals surface area (Å²) in [6.07, 6.45) is 2.92. The van der Waals surface area contributed by atoms with Crippen molar-refractivity contribution in [3.8, 4) is 5.75 Å². The number of hydrogen-bond donors (Lipinski definition) is 2. The van der Waals surface area contributed by atoms with Crippen LogP contribution >= 0.6 is 0 Å². The van der Waals surface area contributed by atoms with Crippen molar-refractivity contribution < 1.29 is 9.53 Å². The number of nitrogen functional groups attached to an aromatic ring is 1. The molecule has 0 aliphatic rings. The fourth-order valence-corrected chi connectivity index (χ4v) is 0.808. The predicted molar refractivity (Wildman–Crippen MR) is 42.4 cm³/mol. The molecule has 1 rings (SSSR count). The lowest BCUT2D eigenvalue weighted by Gasteiger charge is -2.04. The van der Waals surface area contributed by atoms with Gasteiger partial charge >= 0.3 is 0 Å². The molecule has 5 heteroatoms. The maximum Gasteiger partial charge on any atom is 0.270 e. The average molecular weight is 167 g/mol. The van der Waals surface area contributed by atoms with Crippen LogP contribution in [0.25, 0.3) is 0 Å². The lowest BCUT2D eigenvalue weighted by Crippen LogP contribution is -2.30. The van der Waals surface area contributed by atoms with Gasteiger partial charge in [0.2, 0.25) is 0 Å². The van der Waals surface area contributed by atoms with Crippen LogP contribution in [0.5, 0.6) is 5.75 Å². The molecule has 0 atom stereocenters. The number of hydrazine groups is 1. The Labute approximate surface area is 69.5 Å². The number of amides is 1. The highest BCUT2D eigenvalue weighted by molar-refractivity contribution is 5.96. The van der Waals surface area contributed by atoms with Gasteiger partial charge in [-0.25, -0.2) is 5.84 Å². The van der Waals surface area contributed by atoms with Gasteiger partial charge in [0.1, 0.15) is 11.3 Å². The summed E-state index contributed by atoms with van der Waals surface area (Å²) in [5, 5.41) is 0. The van der Waals surface area contributed by atoms with E-state index in [2.05, 4.69) is 4.98 Å². The molecule has 0 fully saturated rings. The number of methoxy groups -OCH3 is 1. The fourth-order valence-electron chi connectivity index (χ4n) is 0.808. The van der Waals surface area contributed by atoms with Crippen molar-refractivity contribution in [1.29, 1.82) is 0 Å². The summed E-state index contributed by atoms with van der Waals surface area (Å²) in [6.45, 7) is 0. The SMILES string of the molecule is COc1ccncc1C(=O)NN. The summed E-state index contributed by atoms with van der Waals surface area (Å²) in [6, 6.07) is 1.59.